The van der Waals surface area contributed by atoms with Crippen LogP contribution >= 0.6 is 0 Å². The number of anilines is 1. The van der Waals surface area contributed by atoms with Crippen molar-refractivity contribution in [3.05, 3.63) is 29.8 Å². The Hall–Kier alpha value is -1.51. The van der Waals surface area contributed by atoms with Crippen LogP contribution in [0.2, 0.25) is 0 Å². The molecule has 0 aliphatic carbocycles. The quantitative estimate of drug-likeness (QED) is 0.777. The summed E-state index contributed by atoms with van der Waals surface area (Å²) in [5.41, 5.74) is 2.34. The average Bonchev–Trinajstić information content (AvgIpc) is 2.73. The van der Waals surface area contributed by atoms with Crippen LogP contribution < -0.4 is 10.2 Å². The Morgan fingerprint density at radius 3 is 3.06 bits per heavy atom. The molecule has 0 atom stereocenters. The van der Waals surface area contributed by atoms with E-state index < -0.39 is 0 Å². The molecule has 1 heterocycles. The number of unbranched alkanes of at least 4 members (excludes halogenated alkanes) is 1. The van der Waals surface area contributed by atoms with Gasteiger partial charge in [-0.05, 0) is 24.5 Å². The number of amides is 2. The first-order valence-electron chi connectivity index (χ1n) is 5.96. The van der Waals surface area contributed by atoms with Crippen LogP contribution in [0.3, 0.4) is 0 Å². The Morgan fingerprint density at radius 2 is 2.25 bits per heavy atom. The molecule has 16 heavy (non-hydrogen) atoms. The molecule has 0 spiro atoms. The molecule has 1 aliphatic rings. The Bertz CT molecular complexity index is 376. The molecule has 0 bridgehead atoms. The summed E-state index contributed by atoms with van der Waals surface area (Å²) < 4.78 is 0. The Kier molecular flexibility index (Phi) is 3.44. The number of hydrogen-bond acceptors (Lipinski definition) is 1. The summed E-state index contributed by atoms with van der Waals surface area (Å²) in [6.45, 7) is 3.70. The van der Waals surface area contributed by atoms with E-state index in [0.29, 0.717) is 0 Å². The predicted octanol–water partition coefficient (Wildman–Crippen LogP) is 2.56. The van der Waals surface area contributed by atoms with Crippen molar-refractivity contribution in [1.82, 2.24) is 5.32 Å². The van der Waals surface area contributed by atoms with Gasteiger partial charge in [-0.25, -0.2) is 4.79 Å². The van der Waals surface area contributed by atoms with Gasteiger partial charge in [-0.15, -0.1) is 0 Å². The Morgan fingerprint density at radius 1 is 1.44 bits per heavy atom. The van der Waals surface area contributed by atoms with Crippen LogP contribution in [-0.2, 0) is 6.42 Å². The van der Waals surface area contributed by atoms with Crippen molar-refractivity contribution in [2.45, 2.75) is 26.2 Å². The number of para-hydroxylation sites is 1. The van der Waals surface area contributed by atoms with Crippen LogP contribution in [-0.4, -0.2) is 19.1 Å². The smallest absolute Gasteiger partial charge is 0.321 e. The highest BCUT2D eigenvalue weighted by Gasteiger charge is 2.23. The lowest BCUT2D eigenvalue weighted by molar-refractivity contribution is 0.246. The fourth-order valence-corrected chi connectivity index (χ4v) is 2.02. The maximum atomic E-state index is 11.9. The number of hydrogen-bond donors (Lipinski definition) is 1. The fourth-order valence-electron chi connectivity index (χ4n) is 2.02. The number of nitrogens with zero attached hydrogens (tertiary/aromatic N) is 1. The van der Waals surface area contributed by atoms with E-state index in [2.05, 4.69) is 18.3 Å². The van der Waals surface area contributed by atoms with Gasteiger partial charge in [-0.3, -0.25) is 4.90 Å². The maximum absolute atomic E-state index is 11.9. The number of benzene rings is 1. The van der Waals surface area contributed by atoms with Gasteiger partial charge in [0.25, 0.3) is 0 Å². The minimum absolute atomic E-state index is 0.0402. The molecule has 3 heteroatoms. The molecule has 0 radical (unpaired) electrons. The summed E-state index contributed by atoms with van der Waals surface area (Å²) >= 11 is 0. The summed E-state index contributed by atoms with van der Waals surface area (Å²) in [5, 5.41) is 2.95. The van der Waals surface area contributed by atoms with E-state index in [1.54, 1.807) is 0 Å². The van der Waals surface area contributed by atoms with Gasteiger partial charge >= 0.3 is 6.03 Å². The van der Waals surface area contributed by atoms with Gasteiger partial charge in [0.15, 0.2) is 0 Å². The van der Waals surface area contributed by atoms with Crippen LogP contribution in [0.1, 0.15) is 25.3 Å². The third kappa shape index (κ3) is 2.18. The summed E-state index contributed by atoms with van der Waals surface area (Å²) in [6, 6.07) is 8.16. The van der Waals surface area contributed by atoms with E-state index in [0.717, 1.165) is 38.0 Å². The number of nitrogens with one attached hydrogen (secondary N) is 1. The van der Waals surface area contributed by atoms with E-state index >= 15 is 0 Å². The first kappa shape index (κ1) is 11.0. The zero-order chi connectivity index (χ0) is 11.4. The SMILES string of the molecule is CCCCNC(=O)N1CCc2ccccc21. The summed E-state index contributed by atoms with van der Waals surface area (Å²) in [4.78, 5) is 13.7. The summed E-state index contributed by atoms with van der Waals surface area (Å²) in [5.74, 6) is 0. The van der Waals surface area contributed by atoms with Crippen LogP contribution in [0.4, 0.5) is 10.5 Å². The molecule has 0 saturated heterocycles. The topological polar surface area (TPSA) is 32.3 Å². The first-order chi connectivity index (χ1) is 7.83. The van der Waals surface area contributed by atoms with Crippen molar-refractivity contribution >= 4 is 11.7 Å². The van der Waals surface area contributed by atoms with Gasteiger partial charge in [0.05, 0.1) is 0 Å². The highest BCUT2D eigenvalue weighted by molar-refractivity contribution is 5.94. The molecule has 0 aromatic heterocycles. The fraction of sp³-hybridized carbons (Fsp3) is 0.462. The van der Waals surface area contributed by atoms with Crippen LogP contribution in [0, 0.1) is 0 Å². The largest absolute Gasteiger partial charge is 0.338 e. The van der Waals surface area contributed by atoms with Gasteiger partial charge < -0.3 is 5.32 Å². The molecular formula is C13H18N2O. The van der Waals surface area contributed by atoms with Crippen LogP contribution in [0.5, 0.6) is 0 Å². The predicted molar refractivity (Wildman–Crippen MR) is 65.8 cm³/mol. The van der Waals surface area contributed by atoms with E-state index in [1.165, 1.54) is 5.56 Å². The second-order valence-electron chi connectivity index (χ2n) is 4.12. The number of urea groups is 1. The van der Waals surface area contributed by atoms with Gasteiger partial charge in [0.2, 0.25) is 0 Å². The maximum Gasteiger partial charge on any atom is 0.321 e. The average molecular weight is 218 g/mol. The number of carbonyl (C=O) groups is 1. The van der Waals surface area contributed by atoms with Gasteiger partial charge in [-0.1, -0.05) is 31.5 Å². The van der Waals surface area contributed by atoms with Gasteiger partial charge in [0.1, 0.15) is 0 Å². The van der Waals surface area contributed by atoms with Gasteiger partial charge in [-0.2, -0.15) is 0 Å². The Labute approximate surface area is 96.5 Å². The number of fused-ring (bicyclic) bond motifs is 1. The monoisotopic (exact) mass is 218 g/mol. The minimum Gasteiger partial charge on any atom is -0.338 e. The molecule has 0 unspecified atom stereocenters. The van der Waals surface area contributed by atoms with Crippen molar-refractivity contribution in [2.24, 2.45) is 0 Å². The second-order valence-corrected chi connectivity index (χ2v) is 4.12. The van der Waals surface area contributed by atoms with Crippen molar-refractivity contribution in [1.29, 1.82) is 0 Å². The van der Waals surface area contributed by atoms with E-state index in [-0.39, 0.29) is 6.03 Å². The zero-order valence-corrected chi connectivity index (χ0v) is 9.70. The summed E-state index contributed by atoms with van der Waals surface area (Å²) in [7, 11) is 0. The van der Waals surface area contributed by atoms with E-state index in [1.807, 2.05) is 23.1 Å². The lowest BCUT2D eigenvalue weighted by Crippen LogP contribution is -2.39. The summed E-state index contributed by atoms with van der Waals surface area (Å²) in [6.07, 6.45) is 3.12. The highest BCUT2D eigenvalue weighted by Crippen LogP contribution is 2.27. The lowest BCUT2D eigenvalue weighted by atomic mass is 10.2. The normalized spacial score (nSPS) is 13.7. The van der Waals surface area contributed by atoms with Gasteiger partial charge in [0, 0.05) is 18.8 Å². The third-order valence-electron chi connectivity index (χ3n) is 2.94. The van der Waals surface area contributed by atoms with Crippen LogP contribution in [0.15, 0.2) is 24.3 Å². The molecular weight excluding hydrogens is 200 g/mol. The molecule has 1 aromatic rings. The standard InChI is InChI=1S/C13H18N2O/c1-2-3-9-14-13(16)15-10-8-11-6-4-5-7-12(11)15/h4-7H,2-3,8-10H2,1H3,(H,14,16). The van der Waals surface area contributed by atoms with Crippen molar-refractivity contribution < 1.29 is 4.79 Å². The Balaban J connectivity index is 1.99. The van der Waals surface area contributed by atoms with E-state index in [9.17, 15) is 4.79 Å². The van der Waals surface area contributed by atoms with Crippen molar-refractivity contribution in [3.8, 4) is 0 Å². The first-order valence-corrected chi connectivity index (χ1v) is 5.96. The second kappa shape index (κ2) is 5.01. The number of carbonyl (C=O) groups excluding carboxylic acids is 1. The lowest BCUT2D eigenvalue weighted by Gasteiger charge is -2.17. The molecule has 86 valence electrons. The molecule has 1 aliphatic heterocycles. The van der Waals surface area contributed by atoms with Crippen molar-refractivity contribution in [3.63, 3.8) is 0 Å². The molecule has 2 amide bonds. The number of rotatable bonds is 3. The highest BCUT2D eigenvalue weighted by atomic mass is 16.2. The molecule has 0 saturated carbocycles. The zero-order valence-electron chi connectivity index (χ0n) is 9.70. The molecule has 2 rings (SSSR count). The van der Waals surface area contributed by atoms with E-state index in [4.69, 9.17) is 0 Å². The molecule has 0 fully saturated rings. The molecule has 1 aromatic carbocycles. The van der Waals surface area contributed by atoms with Crippen LogP contribution in [0.25, 0.3) is 0 Å². The third-order valence-corrected chi connectivity index (χ3v) is 2.94. The molecule has 3 nitrogen and oxygen atoms in total. The van der Waals surface area contributed by atoms with Crippen molar-refractivity contribution in [2.75, 3.05) is 18.0 Å². The minimum atomic E-state index is 0.0402. The molecule has 1 N–H and O–H groups in total.